The molecule has 1 N–H and O–H groups in total. The van der Waals surface area contributed by atoms with E-state index in [9.17, 15) is 14.4 Å². The summed E-state index contributed by atoms with van der Waals surface area (Å²) in [4.78, 5) is 44.9. The van der Waals surface area contributed by atoms with Crippen molar-refractivity contribution >= 4 is 17.1 Å². The average molecular weight is 500 g/mol. The van der Waals surface area contributed by atoms with Crippen molar-refractivity contribution in [2.75, 3.05) is 0 Å². The molecule has 8 heteroatoms. The molecule has 0 aliphatic heterocycles. The molecule has 0 bridgehead atoms. The van der Waals surface area contributed by atoms with Gasteiger partial charge in [-0.3, -0.25) is 14.2 Å². The van der Waals surface area contributed by atoms with E-state index < -0.39 is 11.2 Å². The lowest BCUT2D eigenvalue weighted by atomic mass is 9.78. The van der Waals surface area contributed by atoms with Crippen molar-refractivity contribution in [3.05, 3.63) is 99.0 Å². The SMILES string of the molecule is C[C@@H]1[C@H](C)CCC[C@@H]1NC(=O)Cn1c(=O)c2c(ncn2Cc2ccccc2)n(Cc2ccccc2)c1=O. The van der Waals surface area contributed by atoms with Crippen molar-refractivity contribution in [1.82, 2.24) is 24.0 Å². The minimum atomic E-state index is -0.536. The fourth-order valence-corrected chi connectivity index (χ4v) is 5.37. The van der Waals surface area contributed by atoms with Crippen LogP contribution >= 0.6 is 0 Å². The Hall–Kier alpha value is -3.94. The predicted octanol–water partition coefficient (Wildman–Crippen LogP) is 3.40. The number of imidazole rings is 1. The third-order valence-corrected chi connectivity index (χ3v) is 7.72. The molecule has 8 nitrogen and oxygen atoms in total. The van der Waals surface area contributed by atoms with E-state index in [2.05, 4.69) is 24.1 Å². The van der Waals surface area contributed by atoms with Crippen molar-refractivity contribution in [2.24, 2.45) is 11.8 Å². The Bertz CT molecular complexity index is 1500. The number of carbonyl (C=O) groups is 1. The van der Waals surface area contributed by atoms with Gasteiger partial charge in [-0.15, -0.1) is 0 Å². The molecule has 3 atom stereocenters. The van der Waals surface area contributed by atoms with E-state index in [0.29, 0.717) is 29.5 Å². The largest absolute Gasteiger partial charge is 0.352 e. The van der Waals surface area contributed by atoms with Gasteiger partial charge in [0.2, 0.25) is 5.91 Å². The highest BCUT2D eigenvalue weighted by molar-refractivity contribution is 5.77. The third-order valence-electron chi connectivity index (χ3n) is 7.72. The van der Waals surface area contributed by atoms with Crippen LogP contribution in [-0.4, -0.2) is 30.6 Å². The van der Waals surface area contributed by atoms with E-state index in [1.54, 1.807) is 10.9 Å². The van der Waals surface area contributed by atoms with Gasteiger partial charge in [0, 0.05) is 12.6 Å². The molecule has 0 saturated heterocycles. The first-order valence-electron chi connectivity index (χ1n) is 13.0. The van der Waals surface area contributed by atoms with Crippen LogP contribution in [-0.2, 0) is 24.4 Å². The molecule has 2 aromatic heterocycles. The fraction of sp³-hybridized carbons (Fsp3) is 0.379. The number of fused-ring (bicyclic) bond motifs is 1. The van der Waals surface area contributed by atoms with Gasteiger partial charge in [0.1, 0.15) is 6.54 Å². The number of carbonyl (C=O) groups excluding carboxylic acids is 1. The molecule has 0 spiro atoms. The van der Waals surface area contributed by atoms with Crippen LogP contribution in [0.15, 0.2) is 76.6 Å². The first-order chi connectivity index (χ1) is 17.9. The topological polar surface area (TPSA) is 90.9 Å². The van der Waals surface area contributed by atoms with Crippen LogP contribution in [0.1, 0.15) is 44.2 Å². The molecular formula is C29H33N5O3. The van der Waals surface area contributed by atoms with E-state index >= 15 is 0 Å². The zero-order chi connectivity index (χ0) is 25.9. The van der Waals surface area contributed by atoms with Gasteiger partial charge in [-0.25, -0.2) is 14.3 Å². The van der Waals surface area contributed by atoms with Crippen LogP contribution in [0, 0.1) is 11.8 Å². The molecule has 5 rings (SSSR count). The van der Waals surface area contributed by atoms with Crippen molar-refractivity contribution in [3.8, 4) is 0 Å². The van der Waals surface area contributed by atoms with E-state index in [1.807, 2.05) is 60.7 Å². The molecule has 2 heterocycles. The summed E-state index contributed by atoms with van der Waals surface area (Å²) in [6.07, 6.45) is 4.72. The summed E-state index contributed by atoms with van der Waals surface area (Å²) in [5.41, 5.74) is 1.51. The van der Waals surface area contributed by atoms with Gasteiger partial charge in [-0.1, -0.05) is 87.4 Å². The van der Waals surface area contributed by atoms with Crippen molar-refractivity contribution in [2.45, 2.75) is 58.8 Å². The molecule has 4 aromatic rings. The van der Waals surface area contributed by atoms with Gasteiger partial charge in [0.15, 0.2) is 11.2 Å². The standard InChI is InChI=1S/C29H33N5O3/c1-20-10-9-15-24(21(20)2)31-25(35)18-34-28(36)26-27(30-19-32(26)16-22-11-5-3-6-12-22)33(29(34)37)17-23-13-7-4-8-14-23/h3-8,11-14,19-21,24H,9-10,15-18H2,1-2H3,(H,31,35)/t20-,21-,24+/m1/s1. The number of nitrogens with zero attached hydrogens (tertiary/aromatic N) is 4. The molecular weight excluding hydrogens is 466 g/mol. The predicted molar refractivity (Wildman–Crippen MR) is 143 cm³/mol. The zero-order valence-corrected chi connectivity index (χ0v) is 21.3. The molecule has 1 aliphatic rings. The second-order valence-electron chi connectivity index (χ2n) is 10.2. The molecule has 0 radical (unpaired) electrons. The number of nitrogens with one attached hydrogen (secondary N) is 1. The number of hydrogen-bond donors (Lipinski definition) is 1. The Labute approximate surface area is 215 Å². The van der Waals surface area contributed by atoms with Crippen LogP contribution < -0.4 is 16.6 Å². The first-order valence-corrected chi connectivity index (χ1v) is 13.0. The smallest absolute Gasteiger partial charge is 0.333 e. The zero-order valence-electron chi connectivity index (χ0n) is 21.3. The van der Waals surface area contributed by atoms with Gasteiger partial charge in [-0.05, 0) is 29.4 Å². The Morgan fingerprint density at radius 1 is 0.919 bits per heavy atom. The number of benzene rings is 2. The van der Waals surface area contributed by atoms with E-state index in [0.717, 1.165) is 35.0 Å². The van der Waals surface area contributed by atoms with E-state index in [1.165, 1.54) is 4.57 Å². The molecule has 1 amide bonds. The van der Waals surface area contributed by atoms with Crippen molar-refractivity contribution < 1.29 is 4.79 Å². The van der Waals surface area contributed by atoms with Crippen LogP contribution in [0.4, 0.5) is 0 Å². The third kappa shape index (κ3) is 5.14. The normalized spacial score (nSPS) is 19.7. The lowest BCUT2D eigenvalue weighted by Gasteiger charge is -2.34. The minimum Gasteiger partial charge on any atom is -0.352 e. The van der Waals surface area contributed by atoms with Crippen molar-refractivity contribution in [1.29, 1.82) is 0 Å². The maximum atomic E-state index is 13.7. The second kappa shape index (κ2) is 10.6. The van der Waals surface area contributed by atoms with Crippen LogP contribution in [0.2, 0.25) is 0 Å². The molecule has 192 valence electrons. The number of rotatable bonds is 7. The molecule has 1 fully saturated rings. The summed E-state index contributed by atoms with van der Waals surface area (Å²) in [7, 11) is 0. The number of hydrogen-bond acceptors (Lipinski definition) is 4. The molecule has 2 aromatic carbocycles. The van der Waals surface area contributed by atoms with Crippen LogP contribution in [0.3, 0.4) is 0 Å². The summed E-state index contributed by atoms with van der Waals surface area (Å²) >= 11 is 0. The van der Waals surface area contributed by atoms with Gasteiger partial charge in [0.25, 0.3) is 5.56 Å². The number of aromatic nitrogens is 4. The minimum absolute atomic E-state index is 0.0471. The summed E-state index contributed by atoms with van der Waals surface area (Å²) in [6.45, 7) is 4.72. The Kier molecular flexibility index (Phi) is 7.08. The number of amides is 1. The highest BCUT2D eigenvalue weighted by atomic mass is 16.2. The highest BCUT2D eigenvalue weighted by Crippen LogP contribution is 2.29. The van der Waals surface area contributed by atoms with Gasteiger partial charge < -0.3 is 9.88 Å². The highest BCUT2D eigenvalue weighted by Gasteiger charge is 2.29. The van der Waals surface area contributed by atoms with E-state index in [4.69, 9.17) is 0 Å². The Balaban J connectivity index is 1.55. The molecule has 0 unspecified atom stereocenters. The quantitative estimate of drug-likeness (QED) is 0.422. The summed E-state index contributed by atoms with van der Waals surface area (Å²) < 4.78 is 4.31. The summed E-state index contributed by atoms with van der Waals surface area (Å²) in [5, 5.41) is 3.10. The first kappa shape index (κ1) is 24.7. The van der Waals surface area contributed by atoms with Crippen LogP contribution in [0.25, 0.3) is 11.2 Å². The fourth-order valence-electron chi connectivity index (χ4n) is 5.37. The maximum absolute atomic E-state index is 13.7. The lowest BCUT2D eigenvalue weighted by Crippen LogP contribution is -2.48. The Morgan fingerprint density at radius 2 is 1.57 bits per heavy atom. The van der Waals surface area contributed by atoms with Gasteiger partial charge in [-0.2, -0.15) is 0 Å². The van der Waals surface area contributed by atoms with Crippen LogP contribution in [0.5, 0.6) is 0 Å². The lowest BCUT2D eigenvalue weighted by molar-refractivity contribution is -0.123. The van der Waals surface area contributed by atoms with Gasteiger partial charge in [0.05, 0.1) is 12.9 Å². The molecule has 37 heavy (non-hydrogen) atoms. The molecule has 1 saturated carbocycles. The molecule has 1 aliphatic carbocycles. The van der Waals surface area contributed by atoms with E-state index in [-0.39, 0.29) is 25.0 Å². The Morgan fingerprint density at radius 3 is 2.24 bits per heavy atom. The average Bonchev–Trinajstić information content (AvgIpc) is 3.32. The maximum Gasteiger partial charge on any atom is 0.333 e. The van der Waals surface area contributed by atoms with Gasteiger partial charge >= 0.3 is 5.69 Å². The van der Waals surface area contributed by atoms with Crippen molar-refractivity contribution in [3.63, 3.8) is 0 Å². The monoisotopic (exact) mass is 499 g/mol. The summed E-state index contributed by atoms with van der Waals surface area (Å²) in [5.74, 6) is 0.553. The second-order valence-corrected chi connectivity index (χ2v) is 10.2. The summed E-state index contributed by atoms with van der Waals surface area (Å²) in [6, 6.07) is 19.4.